The highest BCUT2D eigenvalue weighted by Crippen LogP contribution is 2.30. The number of aromatic nitrogens is 3. The van der Waals surface area contributed by atoms with Gasteiger partial charge in [0.05, 0.1) is 22.7 Å². The molecule has 1 fully saturated rings. The van der Waals surface area contributed by atoms with Crippen LogP contribution in [0.2, 0.25) is 0 Å². The molecule has 0 aliphatic carbocycles. The van der Waals surface area contributed by atoms with Gasteiger partial charge in [-0.1, -0.05) is 30.3 Å². The second kappa shape index (κ2) is 8.28. The Bertz CT molecular complexity index is 1130. The van der Waals surface area contributed by atoms with E-state index in [0.717, 1.165) is 48.5 Å². The number of hydrogen-bond donors (Lipinski definition) is 0. The molecule has 1 aliphatic rings. The SMILES string of the molecule is O=C(c1cncs1)N1CCC(n2c(COc3ccccc3)nc3ccccc32)CC1. The molecule has 1 aliphatic heterocycles. The summed E-state index contributed by atoms with van der Waals surface area (Å²) in [7, 11) is 0. The van der Waals surface area contributed by atoms with Crippen molar-refractivity contribution in [1.82, 2.24) is 19.4 Å². The van der Waals surface area contributed by atoms with Crippen molar-refractivity contribution in [3.63, 3.8) is 0 Å². The Morgan fingerprint density at radius 3 is 2.60 bits per heavy atom. The zero-order valence-electron chi connectivity index (χ0n) is 16.5. The molecule has 0 atom stereocenters. The Labute approximate surface area is 178 Å². The van der Waals surface area contributed by atoms with Crippen molar-refractivity contribution >= 4 is 28.3 Å². The number of carbonyl (C=O) groups is 1. The number of likely N-dealkylation sites (tertiary alicyclic amines) is 1. The number of hydrogen-bond acceptors (Lipinski definition) is 5. The number of amides is 1. The van der Waals surface area contributed by atoms with Crippen LogP contribution in [0.4, 0.5) is 0 Å². The third kappa shape index (κ3) is 3.68. The Balaban J connectivity index is 1.36. The van der Waals surface area contributed by atoms with E-state index in [4.69, 9.17) is 9.72 Å². The van der Waals surface area contributed by atoms with Crippen LogP contribution in [0.3, 0.4) is 0 Å². The van der Waals surface area contributed by atoms with E-state index in [2.05, 4.69) is 15.6 Å². The van der Waals surface area contributed by atoms with E-state index in [1.165, 1.54) is 11.3 Å². The topological polar surface area (TPSA) is 60.2 Å². The highest BCUT2D eigenvalue weighted by molar-refractivity contribution is 7.11. The summed E-state index contributed by atoms with van der Waals surface area (Å²) >= 11 is 1.40. The molecule has 7 heteroatoms. The van der Waals surface area contributed by atoms with Gasteiger partial charge in [-0.2, -0.15) is 0 Å². The van der Waals surface area contributed by atoms with Crippen molar-refractivity contribution in [3.05, 3.63) is 77.0 Å². The number of imidazole rings is 1. The molecule has 0 unspecified atom stereocenters. The standard InChI is InChI=1S/C23H22N4O2S/c28-23(21-14-24-16-30-21)26-12-10-17(11-13-26)27-20-9-5-4-8-19(20)25-22(27)15-29-18-6-2-1-3-7-18/h1-9,14,16-17H,10-13,15H2. The lowest BCUT2D eigenvalue weighted by Crippen LogP contribution is -2.39. The van der Waals surface area contributed by atoms with E-state index in [1.807, 2.05) is 53.4 Å². The third-order valence-corrected chi connectivity index (χ3v) is 6.30. The first kappa shape index (κ1) is 18.8. The number of para-hydroxylation sites is 3. The van der Waals surface area contributed by atoms with Gasteiger partial charge >= 0.3 is 0 Å². The van der Waals surface area contributed by atoms with E-state index >= 15 is 0 Å². The van der Waals surface area contributed by atoms with E-state index in [-0.39, 0.29) is 11.9 Å². The number of nitrogens with zero attached hydrogens (tertiary/aromatic N) is 4. The van der Waals surface area contributed by atoms with Crippen molar-refractivity contribution in [2.24, 2.45) is 0 Å². The third-order valence-electron chi connectivity index (χ3n) is 5.54. The molecule has 3 heterocycles. The van der Waals surface area contributed by atoms with E-state index in [0.29, 0.717) is 11.5 Å². The minimum absolute atomic E-state index is 0.0825. The van der Waals surface area contributed by atoms with Crippen molar-refractivity contribution in [1.29, 1.82) is 0 Å². The Morgan fingerprint density at radius 1 is 1.07 bits per heavy atom. The molecule has 30 heavy (non-hydrogen) atoms. The van der Waals surface area contributed by atoms with Gasteiger partial charge in [0.2, 0.25) is 0 Å². The summed E-state index contributed by atoms with van der Waals surface area (Å²) in [5.74, 6) is 1.84. The molecule has 152 valence electrons. The second-order valence-electron chi connectivity index (χ2n) is 7.38. The fourth-order valence-electron chi connectivity index (χ4n) is 4.07. The summed E-state index contributed by atoms with van der Waals surface area (Å²) in [6.07, 6.45) is 3.44. The lowest BCUT2D eigenvalue weighted by atomic mass is 10.0. The number of fused-ring (bicyclic) bond motifs is 1. The molecule has 1 amide bonds. The van der Waals surface area contributed by atoms with Crippen LogP contribution in [-0.2, 0) is 6.61 Å². The van der Waals surface area contributed by atoms with Crippen molar-refractivity contribution in [2.75, 3.05) is 13.1 Å². The number of rotatable bonds is 5. The first-order valence-electron chi connectivity index (χ1n) is 10.1. The summed E-state index contributed by atoms with van der Waals surface area (Å²) in [5.41, 5.74) is 3.81. The fourth-order valence-corrected chi connectivity index (χ4v) is 4.66. The summed E-state index contributed by atoms with van der Waals surface area (Å²) in [6, 6.07) is 18.3. The molecule has 1 saturated heterocycles. The fraction of sp³-hybridized carbons (Fsp3) is 0.261. The summed E-state index contributed by atoms with van der Waals surface area (Å²) < 4.78 is 8.32. The molecule has 0 spiro atoms. The zero-order valence-corrected chi connectivity index (χ0v) is 17.3. The molecular formula is C23H22N4O2S. The van der Waals surface area contributed by atoms with Crippen LogP contribution in [-0.4, -0.2) is 38.4 Å². The van der Waals surface area contributed by atoms with Gasteiger partial charge in [-0.05, 0) is 37.1 Å². The Kier molecular flexibility index (Phi) is 5.19. The van der Waals surface area contributed by atoms with E-state index in [9.17, 15) is 4.79 Å². The van der Waals surface area contributed by atoms with Gasteiger partial charge in [0, 0.05) is 19.1 Å². The van der Waals surface area contributed by atoms with Crippen LogP contribution in [0.5, 0.6) is 5.75 Å². The van der Waals surface area contributed by atoms with Crippen LogP contribution in [0, 0.1) is 0 Å². The number of ether oxygens (including phenoxy) is 1. The Hall–Kier alpha value is -3.19. The minimum atomic E-state index is 0.0825. The van der Waals surface area contributed by atoms with Crippen molar-refractivity contribution in [2.45, 2.75) is 25.5 Å². The van der Waals surface area contributed by atoms with Crippen LogP contribution < -0.4 is 4.74 Å². The summed E-state index contributed by atoms with van der Waals surface area (Å²) in [5, 5.41) is 0. The van der Waals surface area contributed by atoms with Crippen LogP contribution >= 0.6 is 11.3 Å². The van der Waals surface area contributed by atoms with E-state index in [1.54, 1.807) is 11.7 Å². The van der Waals surface area contributed by atoms with E-state index < -0.39 is 0 Å². The second-order valence-corrected chi connectivity index (χ2v) is 8.26. The predicted molar refractivity (Wildman–Crippen MR) is 117 cm³/mol. The zero-order chi connectivity index (χ0) is 20.3. The smallest absolute Gasteiger partial charge is 0.265 e. The number of carbonyl (C=O) groups excluding carboxylic acids is 1. The highest BCUT2D eigenvalue weighted by Gasteiger charge is 2.27. The predicted octanol–water partition coefficient (Wildman–Crippen LogP) is 4.55. The maximum Gasteiger partial charge on any atom is 0.265 e. The average Bonchev–Trinajstić information content (AvgIpc) is 3.46. The quantitative estimate of drug-likeness (QED) is 0.477. The maximum atomic E-state index is 12.6. The molecule has 0 N–H and O–H groups in total. The molecule has 2 aromatic heterocycles. The van der Waals surface area contributed by atoms with Gasteiger partial charge in [-0.3, -0.25) is 9.78 Å². The van der Waals surface area contributed by atoms with Gasteiger partial charge in [0.25, 0.3) is 5.91 Å². The largest absolute Gasteiger partial charge is 0.486 e. The molecule has 0 saturated carbocycles. The van der Waals surface area contributed by atoms with Crippen molar-refractivity contribution in [3.8, 4) is 5.75 Å². The number of piperidine rings is 1. The average molecular weight is 419 g/mol. The van der Waals surface area contributed by atoms with Crippen LogP contribution in [0.15, 0.2) is 66.3 Å². The van der Waals surface area contributed by atoms with Crippen molar-refractivity contribution < 1.29 is 9.53 Å². The van der Waals surface area contributed by atoms with Gasteiger partial charge in [0.1, 0.15) is 23.1 Å². The van der Waals surface area contributed by atoms with Gasteiger partial charge in [-0.25, -0.2) is 4.98 Å². The normalized spacial score (nSPS) is 14.9. The monoisotopic (exact) mass is 418 g/mol. The molecule has 0 radical (unpaired) electrons. The summed E-state index contributed by atoms with van der Waals surface area (Å²) in [6.45, 7) is 1.87. The van der Waals surface area contributed by atoms with Crippen LogP contribution in [0.25, 0.3) is 11.0 Å². The highest BCUT2D eigenvalue weighted by atomic mass is 32.1. The molecule has 2 aromatic carbocycles. The molecule has 5 rings (SSSR count). The number of benzene rings is 2. The van der Waals surface area contributed by atoms with Gasteiger partial charge < -0.3 is 14.2 Å². The van der Waals surface area contributed by atoms with Crippen LogP contribution in [0.1, 0.15) is 34.4 Å². The lowest BCUT2D eigenvalue weighted by molar-refractivity contribution is 0.0698. The summed E-state index contributed by atoms with van der Waals surface area (Å²) in [4.78, 5) is 24.2. The molecule has 6 nitrogen and oxygen atoms in total. The minimum Gasteiger partial charge on any atom is -0.486 e. The molecule has 4 aromatic rings. The van der Waals surface area contributed by atoms with Gasteiger partial charge in [-0.15, -0.1) is 11.3 Å². The molecular weight excluding hydrogens is 396 g/mol. The van der Waals surface area contributed by atoms with Gasteiger partial charge in [0.15, 0.2) is 0 Å². The lowest BCUT2D eigenvalue weighted by Gasteiger charge is -2.33. The first-order valence-corrected chi connectivity index (χ1v) is 11.0. The maximum absolute atomic E-state index is 12.6. The molecule has 0 bridgehead atoms. The number of thiazole rings is 1. The first-order chi connectivity index (χ1) is 14.8. The Morgan fingerprint density at radius 2 is 1.83 bits per heavy atom.